The number of benzene rings is 3. The van der Waals surface area contributed by atoms with Crippen LogP contribution in [-0.4, -0.2) is 70.5 Å². The number of aryl methyl sites for hydroxylation is 1. The first-order chi connectivity index (χ1) is 18.7. The van der Waals surface area contributed by atoms with E-state index in [1.807, 2.05) is 49.4 Å². The first-order valence-corrected chi connectivity index (χ1v) is 14.4. The summed E-state index contributed by atoms with van der Waals surface area (Å²) in [6.45, 7) is 4.65. The molecule has 8 nitrogen and oxygen atoms in total. The Balaban J connectivity index is 1.43. The molecule has 208 valence electrons. The van der Waals surface area contributed by atoms with Crippen molar-refractivity contribution in [2.75, 3.05) is 46.9 Å². The summed E-state index contributed by atoms with van der Waals surface area (Å²) in [7, 11) is -0.861. The van der Waals surface area contributed by atoms with Crippen LogP contribution in [0.3, 0.4) is 0 Å². The maximum atomic E-state index is 13.4. The van der Waals surface area contributed by atoms with E-state index in [0.29, 0.717) is 55.7 Å². The third-order valence-corrected chi connectivity index (χ3v) is 8.93. The molecule has 3 aromatic carbocycles. The number of carbonyl (C=O) groups excluding carboxylic acids is 1. The van der Waals surface area contributed by atoms with E-state index >= 15 is 0 Å². The molecule has 1 atom stereocenters. The van der Waals surface area contributed by atoms with Crippen molar-refractivity contribution in [3.63, 3.8) is 0 Å². The van der Waals surface area contributed by atoms with Gasteiger partial charge in [-0.3, -0.25) is 4.90 Å². The van der Waals surface area contributed by atoms with Crippen LogP contribution in [0.2, 0.25) is 5.02 Å². The number of sulfonamides is 1. The van der Waals surface area contributed by atoms with Gasteiger partial charge in [0.05, 0.1) is 32.5 Å². The minimum absolute atomic E-state index is 0.194. The zero-order chi connectivity index (χ0) is 28.0. The highest BCUT2D eigenvalue weighted by Crippen LogP contribution is 2.29. The van der Waals surface area contributed by atoms with Gasteiger partial charge in [0.1, 0.15) is 10.6 Å². The van der Waals surface area contributed by atoms with E-state index in [4.69, 9.17) is 25.8 Å². The van der Waals surface area contributed by atoms with Crippen LogP contribution in [0.1, 0.15) is 33.2 Å². The van der Waals surface area contributed by atoms with Crippen molar-refractivity contribution in [2.24, 2.45) is 0 Å². The van der Waals surface area contributed by atoms with Crippen LogP contribution in [-0.2, 0) is 26.1 Å². The molecule has 0 amide bonds. The monoisotopic (exact) mass is 572 g/mol. The largest absolute Gasteiger partial charge is 0.495 e. The Labute approximate surface area is 235 Å². The van der Waals surface area contributed by atoms with Gasteiger partial charge in [-0.2, -0.15) is 4.31 Å². The van der Waals surface area contributed by atoms with Crippen molar-refractivity contribution >= 4 is 27.6 Å². The highest BCUT2D eigenvalue weighted by atomic mass is 35.5. The molecule has 10 heteroatoms. The molecule has 39 heavy (non-hydrogen) atoms. The van der Waals surface area contributed by atoms with Crippen LogP contribution in [0.15, 0.2) is 71.6 Å². The summed E-state index contributed by atoms with van der Waals surface area (Å²) in [5, 5.41) is 0.640. The average Bonchev–Trinajstić information content (AvgIpc) is 2.96. The molecule has 0 aromatic heterocycles. The van der Waals surface area contributed by atoms with E-state index in [1.54, 1.807) is 24.3 Å². The number of piperazine rings is 1. The summed E-state index contributed by atoms with van der Waals surface area (Å²) < 4.78 is 44.8. The second kappa shape index (κ2) is 12.9. The number of rotatable bonds is 10. The average molecular weight is 573 g/mol. The van der Waals surface area contributed by atoms with Gasteiger partial charge in [0.25, 0.3) is 0 Å². The van der Waals surface area contributed by atoms with Crippen LogP contribution >= 0.6 is 11.6 Å². The molecular weight excluding hydrogens is 540 g/mol. The summed E-state index contributed by atoms with van der Waals surface area (Å²) in [6, 6.07) is 19.8. The minimum Gasteiger partial charge on any atom is -0.495 e. The van der Waals surface area contributed by atoms with Crippen LogP contribution < -0.4 is 4.74 Å². The molecule has 1 unspecified atom stereocenters. The summed E-state index contributed by atoms with van der Waals surface area (Å²) in [6.07, 6.45) is -0.262. The number of ether oxygens (including phenoxy) is 3. The standard InChI is InChI=1S/C29H33ClN2O6S/c1-21-4-13-26(36-2)28(18-21)39(34,35)32-16-14-31(15-17-32)19-27(23-9-11-25(30)12-10-23)38-20-22-5-7-24(8-6-22)29(33)37-3/h4-13,18,27H,14-17,19-20H2,1-3H3. The van der Waals surface area contributed by atoms with E-state index in [2.05, 4.69) is 4.90 Å². The van der Waals surface area contributed by atoms with E-state index in [-0.39, 0.29) is 17.0 Å². The topological polar surface area (TPSA) is 85.4 Å². The number of carbonyl (C=O) groups is 1. The highest BCUT2D eigenvalue weighted by molar-refractivity contribution is 7.89. The van der Waals surface area contributed by atoms with Crippen molar-refractivity contribution < 1.29 is 27.4 Å². The molecule has 1 aliphatic rings. The molecule has 1 saturated heterocycles. The van der Waals surface area contributed by atoms with Crippen molar-refractivity contribution in [2.45, 2.75) is 24.5 Å². The lowest BCUT2D eigenvalue weighted by Gasteiger charge is -2.36. The maximum Gasteiger partial charge on any atom is 0.337 e. The predicted octanol–water partition coefficient (Wildman–Crippen LogP) is 4.71. The lowest BCUT2D eigenvalue weighted by molar-refractivity contribution is 0.00771. The van der Waals surface area contributed by atoms with Gasteiger partial charge in [-0.1, -0.05) is 41.9 Å². The van der Waals surface area contributed by atoms with Crippen LogP contribution in [0.25, 0.3) is 0 Å². The number of esters is 1. The van der Waals surface area contributed by atoms with Gasteiger partial charge in [-0.05, 0) is 60.0 Å². The van der Waals surface area contributed by atoms with Gasteiger partial charge in [-0.15, -0.1) is 0 Å². The summed E-state index contributed by atoms with van der Waals surface area (Å²) >= 11 is 6.11. The molecule has 0 aliphatic carbocycles. The van der Waals surface area contributed by atoms with Crippen molar-refractivity contribution in [1.29, 1.82) is 0 Å². The molecule has 1 fully saturated rings. The van der Waals surface area contributed by atoms with Gasteiger partial charge in [0.15, 0.2) is 0 Å². The zero-order valence-corrected chi connectivity index (χ0v) is 23.9. The van der Waals surface area contributed by atoms with Crippen LogP contribution in [0, 0.1) is 6.92 Å². The van der Waals surface area contributed by atoms with E-state index < -0.39 is 10.0 Å². The second-order valence-corrected chi connectivity index (χ2v) is 11.7. The first kappa shape index (κ1) is 29.0. The molecule has 0 spiro atoms. The highest BCUT2D eigenvalue weighted by Gasteiger charge is 2.32. The molecule has 4 rings (SSSR count). The van der Waals surface area contributed by atoms with E-state index in [1.165, 1.54) is 18.5 Å². The lowest BCUT2D eigenvalue weighted by atomic mass is 10.1. The first-order valence-electron chi connectivity index (χ1n) is 12.6. The Morgan fingerprint density at radius 3 is 2.23 bits per heavy atom. The number of hydrogen-bond donors (Lipinski definition) is 0. The van der Waals surface area contributed by atoms with Gasteiger partial charge in [-0.25, -0.2) is 13.2 Å². The molecule has 0 N–H and O–H groups in total. The second-order valence-electron chi connectivity index (χ2n) is 9.40. The van der Waals surface area contributed by atoms with Gasteiger partial charge in [0, 0.05) is 37.7 Å². The Kier molecular flexibility index (Phi) is 9.63. The Hall–Kier alpha value is -2.95. The van der Waals surface area contributed by atoms with Crippen molar-refractivity contribution in [3.8, 4) is 5.75 Å². The zero-order valence-electron chi connectivity index (χ0n) is 22.3. The Bertz CT molecular complexity index is 1370. The molecule has 1 heterocycles. The molecular formula is C29H33ClN2O6S. The Morgan fingerprint density at radius 1 is 0.949 bits per heavy atom. The molecule has 3 aromatic rings. The van der Waals surface area contributed by atoms with Crippen LogP contribution in [0.4, 0.5) is 0 Å². The third kappa shape index (κ3) is 7.17. The van der Waals surface area contributed by atoms with Gasteiger partial charge >= 0.3 is 5.97 Å². The van der Waals surface area contributed by atoms with E-state index in [0.717, 1.165) is 16.7 Å². The SMILES string of the molecule is COC(=O)c1ccc(COC(CN2CCN(S(=O)(=O)c3cc(C)ccc3OC)CC2)c2ccc(Cl)cc2)cc1. The minimum atomic E-state index is -3.69. The molecule has 1 aliphatic heterocycles. The maximum absolute atomic E-state index is 13.4. The summed E-state index contributed by atoms with van der Waals surface area (Å²) in [5.41, 5.74) is 3.23. The number of nitrogens with zero attached hydrogens (tertiary/aromatic N) is 2. The molecule has 0 bridgehead atoms. The Morgan fingerprint density at radius 2 is 1.62 bits per heavy atom. The van der Waals surface area contributed by atoms with Gasteiger partial charge < -0.3 is 14.2 Å². The molecule has 0 saturated carbocycles. The fraction of sp³-hybridized carbons (Fsp3) is 0.345. The van der Waals surface area contributed by atoms with Crippen molar-refractivity contribution in [1.82, 2.24) is 9.21 Å². The predicted molar refractivity (Wildman–Crippen MR) is 150 cm³/mol. The number of halogens is 1. The number of hydrogen-bond acceptors (Lipinski definition) is 7. The molecule has 0 radical (unpaired) electrons. The summed E-state index contributed by atoms with van der Waals surface area (Å²) in [4.78, 5) is 14.1. The fourth-order valence-electron chi connectivity index (χ4n) is 4.50. The van der Waals surface area contributed by atoms with E-state index in [9.17, 15) is 13.2 Å². The van der Waals surface area contributed by atoms with Gasteiger partial charge in [0.2, 0.25) is 10.0 Å². The fourth-order valence-corrected chi connectivity index (χ4v) is 6.28. The quantitative estimate of drug-likeness (QED) is 0.325. The number of methoxy groups -OCH3 is 2. The summed E-state index contributed by atoms with van der Waals surface area (Å²) in [5.74, 6) is -0.0395. The normalized spacial score (nSPS) is 15.6. The lowest BCUT2D eigenvalue weighted by Crippen LogP contribution is -2.49. The van der Waals surface area contributed by atoms with Crippen molar-refractivity contribution in [3.05, 3.63) is 94.0 Å². The smallest absolute Gasteiger partial charge is 0.337 e. The van der Waals surface area contributed by atoms with Crippen LogP contribution in [0.5, 0.6) is 5.75 Å². The third-order valence-electron chi connectivity index (χ3n) is 6.76.